The number of hydrogen-bond acceptors (Lipinski definition) is 6. The largest absolute Gasteiger partial charge is 0.480 e. The first-order chi connectivity index (χ1) is 6.20. The number of carboxylic acid groups (broad SMARTS) is 1. The molecule has 0 spiro atoms. The summed E-state index contributed by atoms with van der Waals surface area (Å²) in [6.07, 6.45) is 1.30. The lowest BCUT2D eigenvalue weighted by Gasteiger charge is -2.03. The van der Waals surface area contributed by atoms with Crippen LogP contribution in [0.1, 0.15) is 5.89 Å². The maximum absolute atomic E-state index is 10.3. The minimum absolute atomic E-state index is 0.331. The summed E-state index contributed by atoms with van der Waals surface area (Å²) in [4.78, 5) is 14.1. The molecule has 0 radical (unpaired) electrons. The van der Waals surface area contributed by atoms with Crippen LogP contribution in [0.2, 0.25) is 0 Å². The Balaban J connectivity index is 2.18. The van der Waals surface area contributed by atoms with Gasteiger partial charge in [-0.3, -0.25) is 4.79 Å². The SMILES string of the molecule is N[C@H](CSCc1ncno1)C(=O)O. The van der Waals surface area contributed by atoms with Crippen molar-refractivity contribution in [2.45, 2.75) is 11.8 Å². The Morgan fingerprint density at radius 3 is 3.15 bits per heavy atom. The summed E-state index contributed by atoms with van der Waals surface area (Å²) in [7, 11) is 0. The first-order valence-corrected chi connectivity index (χ1v) is 4.67. The van der Waals surface area contributed by atoms with Gasteiger partial charge in [-0.05, 0) is 0 Å². The number of carbonyl (C=O) groups is 1. The Labute approximate surface area is 78.5 Å². The molecule has 0 saturated carbocycles. The van der Waals surface area contributed by atoms with E-state index in [0.717, 1.165) is 0 Å². The minimum atomic E-state index is -1.00. The van der Waals surface area contributed by atoms with Gasteiger partial charge in [-0.1, -0.05) is 5.16 Å². The van der Waals surface area contributed by atoms with E-state index in [4.69, 9.17) is 15.4 Å². The van der Waals surface area contributed by atoms with Crippen molar-refractivity contribution in [2.75, 3.05) is 5.75 Å². The summed E-state index contributed by atoms with van der Waals surface area (Å²) in [5, 5.41) is 11.9. The number of nitrogens with two attached hydrogens (primary N) is 1. The highest BCUT2D eigenvalue weighted by atomic mass is 32.2. The summed E-state index contributed by atoms with van der Waals surface area (Å²) < 4.78 is 4.71. The van der Waals surface area contributed by atoms with Crippen molar-refractivity contribution in [3.63, 3.8) is 0 Å². The average molecular weight is 203 g/mol. The maximum atomic E-state index is 10.3. The molecule has 0 amide bonds. The van der Waals surface area contributed by atoms with Crippen LogP contribution in [-0.4, -0.2) is 33.0 Å². The Bertz CT molecular complexity index is 264. The monoisotopic (exact) mass is 203 g/mol. The van der Waals surface area contributed by atoms with E-state index in [1.54, 1.807) is 0 Å². The van der Waals surface area contributed by atoms with Crippen molar-refractivity contribution in [3.8, 4) is 0 Å². The van der Waals surface area contributed by atoms with Crippen LogP contribution in [0.3, 0.4) is 0 Å². The van der Waals surface area contributed by atoms with Crippen LogP contribution in [0.25, 0.3) is 0 Å². The topological polar surface area (TPSA) is 102 Å². The van der Waals surface area contributed by atoms with Gasteiger partial charge in [-0.15, -0.1) is 11.8 Å². The van der Waals surface area contributed by atoms with Gasteiger partial charge in [-0.25, -0.2) is 0 Å². The summed E-state index contributed by atoms with van der Waals surface area (Å²) in [5.41, 5.74) is 5.27. The fourth-order valence-electron chi connectivity index (χ4n) is 0.604. The predicted molar refractivity (Wildman–Crippen MR) is 46.1 cm³/mol. The summed E-state index contributed by atoms with van der Waals surface area (Å²) in [6.45, 7) is 0. The standard InChI is InChI=1S/C6H9N3O3S/c7-4(6(10)11)1-13-2-5-8-3-9-12-5/h3-4H,1-2,7H2,(H,10,11)/t4-/m1/s1. The van der Waals surface area contributed by atoms with Gasteiger partial charge in [-0.2, -0.15) is 4.98 Å². The molecule has 1 atom stereocenters. The highest BCUT2D eigenvalue weighted by Crippen LogP contribution is 2.09. The normalized spacial score (nSPS) is 12.7. The van der Waals surface area contributed by atoms with E-state index in [1.807, 2.05) is 0 Å². The third-order valence-corrected chi connectivity index (χ3v) is 2.29. The van der Waals surface area contributed by atoms with Crippen molar-refractivity contribution in [1.82, 2.24) is 10.1 Å². The van der Waals surface area contributed by atoms with Gasteiger partial charge in [0, 0.05) is 5.75 Å². The van der Waals surface area contributed by atoms with E-state index >= 15 is 0 Å². The second-order valence-electron chi connectivity index (χ2n) is 2.29. The summed E-state index contributed by atoms with van der Waals surface area (Å²) in [5.74, 6) is 0.291. The molecule has 0 fully saturated rings. The molecule has 1 rings (SSSR count). The van der Waals surface area contributed by atoms with Crippen molar-refractivity contribution in [1.29, 1.82) is 0 Å². The van der Waals surface area contributed by atoms with Crippen LogP contribution in [0.15, 0.2) is 10.9 Å². The molecule has 0 aliphatic rings. The smallest absolute Gasteiger partial charge is 0.321 e. The van der Waals surface area contributed by atoms with E-state index in [-0.39, 0.29) is 0 Å². The lowest BCUT2D eigenvalue weighted by molar-refractivity contribution is -0.137. The molecule has 0 aliphatic heterocycles. The number of aliphatic carboxylic acids is 1. The molecule has 72 valence electrons. The molecule has 0 bridgehead atoms. The van der Waals surface area contributed by atoms with Crippen molar-refractivity contribution in [2.24, 2.45) is 5.73 Å². The molecule has 13 heavy (non-hydrogen) atoms. The molecule has 1 aromatic rings. The Hall–Kier alpha value is -1.08. The molecule has 0 aromatic carbocycles. The van der Waals surface area contributed by atoms with Crippen LogP contribution in [-0.2, 0) is 10.5 Å². The van der Waals surface area contributed by atoms with Gasteiger partial charge in [0.25, 0.3) is 0 Å². The average Bonchev–Trinajstić information content (AvgIpc) is 2.56. The second kappa shape index (κ2) is 4.83. The number of hydrogen-bond donors (Lipinski definition) is 2. The molecule has 0 unspecified atom stereocenters. The van der Waals surface area contributed by atoms with Crippen molar-refractivity contribution < 1.29 is 14.4 Å². The quantitative estimate of drug-likeness (QED) is 0.678. The van der Waals surface area contributed by atoms with Gasteiger partial charge in [0.1, 0.15) is 6.04 Å². The maximum Gasteiger partial charge on any atom is 0.321 e. The fourth-order valence-corrected chi connectivity index (χ4v) is 1.42. The zero-order chi connectivity index (χ0) is 9.68. The third-order valence-electron chi connectivity index (χ3n) is 1.25. The van der Waals surface area contributed by atoms with Crippen LogP contribution in [0.5, 0.6) is 0 Å². The van der Waals surface area contributed by atoms with E-state index < -0.39 is 12.0 Å². The molecule has 0 saturated heterocycles. The number of thioether (sulfide) groups is 1. The Morgan fingerprint density at radius 2 is 2.62 bits per heavy atom. The lowest BCUT2D eigenvalue weighted by Crippen LogP contribution is -2.32. The molecular formula is C6H9N3O3S. The second-order valence-corrected chi connectivity index (χ2v) is 3.33. The van der Waals surface area contributed by atoms with Crippen molar-refractivity contribution >= 4 is 17.7 Å². The van der Waals surface area contributed by atoms with Crippen molar-refractivity contribution in [3.05, 3.63) is 12.2 Å². The zero-order valence-electron chi connectivity index (χ0n) is 6.71. The van der Waals surface area contributed by atoms with Crippen LogP contribution in [0, 0.1) is 0 Å². The minimum Gasteiger partial charge on any atom is -0.480 e. The predicted octanol–water partition coefficient (Wildman–Crippen LogP) is -0.285. The lowest BCUT2D eigenvalue weighted by atomic mass is 10.4. The molecule has 6 nitrogen and oxygen atoms in total. The molecular weight excluding hydrogens is 194 g/mol. The van der Waals surface area contributed by atoms with Gasteiger partial charge in [0.15, 0.2) is 6.33 Å². The number of carboxylic acids is 1. The molecule has 7 heteroatoms. The number of nitrogens with zero attached hydrogens (tertiary/aromatic N) is 2. The van der Waals surface area contributed by atoms with Gasteiger partial charge in [0.05, 0.1) is 5.75 Å². The van der Waals surface area contributed by atoms with Crippen LogP contribution >= 0.6 is 11.8 Å². The molecule has 1 heterocycles. The Morgan fingerprint density at radius 1 is 1.85 bits per heavy atom. The van der Waals surface area contributed by atoms with E-state index in [0.29, 0.717) is 17.4 Å². The highest BCUT2D eigenvalue weighted by Gasteiger charge is 2.11. The highest BCUT2D eigenvalue weighted by molar-refractivity contribution is 7.98. The van der Waals surface area contributed by atoms with E-state index in [1.165, 1.54) is 18.1 Å². The van der Waals surface area contributed by atoms with Crippen LogP contribution in [0.4, 0.5) is 0 Å². The van der Waals surface area contributed by atoms with Gasteiger partial charge in [0.2, 0.25) is 5.89 Å². The fraction of sp³-hybridized carbons (Fsp3) is 0.500. The number of rotatable bonds is 5. The summed E-state index contributed by atoms with van der Waals surface area (Å²) >= 11 is 1.35. The summed E-state index contributed by atoms with van der Waals surface area (Å²) in [6, 6.07) is -0.840. The molecule has 1 aromatic heterocycles. The number of aromatic nitrogens is 2. The molecule has 3 N–H and O–H groups in total. The Kier molecular flexibility index (Phi) is 3.71. The van der Waals surface area contributed by atoms with E-state index in [9.17, 15) is 4.79 Å². The van der Waals surface area contributed by atoms with Gasteiger partial charge < -0.3 is 15.4 Å². The van der Waals surface area contributed by atoms with E-state index in [2.05, 4.69) is 10.1 Å². The molecule has 0 aliphatic carbocycles. The third kappa shape index (κ3) is 3.43. The van der Waals surface area contributed by atoms with Gasteiger partial charge >= 0.3 is 5.97 Å². The van der Waals surface area contributed by atoms with Crippen LogP contribution < -0.4 is 5.73 Å². The zero-order valence-corrected chi connectivity index (χ0v) is 7.53. The first-order valence-electron chi connectivity index (χ1n) is 3.52. The first kappa shape index (κ1) is 10.0.